The van der Waals surface area contributed by atoms with Gasteiger partial charge in [0.2, 0.25) is 0 Å². The van der Waals surface area contributed by atoms with Gasteiger partial charge < -0.3 is 0 Å². The first-order valence-electron chi connectivity index (χ1n) is 3.65. The van der Waals surface area contributed by atoms with E-state index in [0.717, 1.165) is 0 Å². The van der Waals surface area contributed by atoms with Gasteiger partial charge in [0.1, 0.15) is 0 Å². The van der Waals surface area contributed by atoms with Crippen LogP contribution in [0.3, 0.4) is 0 Å². The van der Waals surface area contributed by atoms with Gasteiger partial charge in [0.25, 0.3) is 0 Å². The van der Waals surface area contributed by atoms with Crippen LogP contribution in [0.4, 0.5) is 0 Å². The Balaban J connectivity index is 0. The maximum absolute atomic E-state index is 9.44. The lowest BCUT2D eigenvalue weighted by Crippen LogP contribution is -2.10. The van der Waals surface area contributed by atoms with Crippen molar-refractivity contribution in [2.45, 2.75) is 0 Å². The summed E-state index contributed by atoms with van der Waals surface area (Å²) in [5.41, 5.74) is 0. The molecule has 0 radical (unpaired) electrons. The van der Waals surface area contributed by atoms with Crippen molar-refractivity contribution in [1.82, 2.24) is 9.97 Å². The van der Waals surface area contributed by atoms with Gasteiger partial charge in [-0.1, -0.05) is 0 Å². The third-order valence-electron chi connectivity index (χ3n) is 0.650. The molecule has 1 heterocycles. The minimum atomic E-state index is -5.12. The van der Waals surface area contributed by atoms with Gasteiger partial charge in [-0.05, 0) is 0 Å². The summed E-state index contributed by atoms with van der Waals surface area (Å²) in [4.78, 5) is 21.7. The van der Waals surface area contributed by atoms with Crippen molar-refractivity contribution in [3.8, 4) is 0 Å². The second-order valence-corrected chi connectivity index (χ2v) is 4.83. The lowest BCUT2D eigenvalue weighted by molar-refractivity contribution is 0.344. The molecule has 0 unspecified atom stereocenters. The molecule has 0 saturated carbocycles. The molecule has 1 aromatic heterocycles. The Morgan fingerprint density at radius 2 is 1.05 bits per heavy atom. The minimum absolute atomic E-state index is 1.64. The highest BCUT2D eigenvalue weighted by atomic mass is 32.3. The van der Waals surface area contributed by atoms with Gasteiger partial charge in [-0.25, -0.2) is 0 Å². The van der Waals surface area contributed by atoms with E-state index in [1.807, 2.05) is 0 Å². The normalized spacial score (nSPS) is 10.3. The fourth-order valence-electron chi connectivity index (χ4n) is 0.362. The molecule has 1 aromatic rings. The van der Waals surface area contributed by atoms with Crippen molar-refractivity contribution < 1.29 is 43.9 Å². The van der Waals surface area contributed by atoms with Crippen LogP contribution < -0.4 is 0 Å². The predicted molar refractivity (Wildman–Crippen MR) is 58.3 cm³/mol. The first-order chi connectivity index (χ1) is 8.44. The van der Waals surface area contributed by atoms with E-state index in [1.54, 1.807) is 24.8 Å². The molecular weight excluding hydrogens is 331 g/mol. The Morgan fingerprint density at radius 3 is 1.11 bits per heavy atom. The van der Waals surface area contributed by atoms with Gasteiger partial charge in [-0.15, -0.1) is 13.4 Å². The van der Waals surface area contributed by atoms with Crippen molar-refractivity contribution in [2.75, 3.05) is 0 Å². The average molecular weight is 339 g/mol. The topological polar surface area (TPSA) is 201 Å². The van der Waals surface area contributed by atoms with Crippen molar-refractivity contribution in [1.29, 1.82) is 0 Å². The fourth-order valence-corrected chi connectivity index (χ4v) is 1.23. The van der Waals surface area contributed by atoms with E-state index in [2.05, 4.69) is 13.6 Å². The van der Waals surface area contributed by atoms with E-state index in [1.165, 1.54) is 0 Å². The smallest absolute Gasteiger partial charge is 0.263 e. The number of aromatic nitrogens is 2. The van der Waals surface area contributed by atoms with Crippen LogP contribution in [0.15, 0.2) is 24.8 Å². The summed E-state index contributed by atoms with van der Waals surface area (Å²) in [6, 6.07) is 0. The highest BCUT2D eigenvalue weighted by molar-refractivity contribution is 7.94. The van der Waals surface area contributed by atoms with Gasteiger partial charge in [-0.2, -0.15) is 16.8 Å². The minimum Gasteiger partial charge on any atom is -0.263 e. The van der Waals surface area contributed by atoms with Crippen LogP contribution >= 0.6 is 8.25 Å². The molecule has 0 aliphatic carbocycles. The summed E-state index contributed by atoms with van der Waals surface area (Å²) < 4.78 is 64.3. The van der Waals surface area contributed by atoms with Crippen LogP contribution in [0.1, 0.15) is 0 Å². The van der Waals surface area contributed by atoms with Crippen molar-refractivity contribution in [3.05, 3.63) is 24.8 Å². The summed E-state index contributed by atoms with van der Waals surface area (Å²) in [7, 11) is -13.1. The Labute approximate surface area is 108 Å². The molecule has 15 heteroatoms. The molecule has 0 spiro atoms. The highest BCUT2D eigenvalue weighted by Crippen LogP contribution is 1.98. The Hall–Kier alpha value is -1.12. The van der Waals surface area contributed by atoms with E-state index < -0.39 is 29.1 Å². The summed E-state index contributed by atoms with van der Waals surface area (Å²) in [5.74, 6) is 0. The first kappa shape index (κ1) is 20.2. The predicted octanol–water partition coefficient (Wildman–Crippen LogP) is -1.29. The van der Waals surface area contributed by atoms with Crippen molar-refractivity contribution >= 4 is 29.1 Å². The zero-order chi connectivity index (χ0) is 15.5. The summed E-state index contributed by atoms with van der Waals surface area (Å²) in [6.45, 7) is 0. The third-order valence-corrected chi connectivity index (χ3v) is 2.03. The molecule has 4 N–H and O–H groups in total. The quantitative estimate of drug-likeness (QED) is 0.367. The van der Waals surface area contributed by atoms with E-state index >= 15 is 0 Å². The van der Waals surface area contributed by atoms with Crippen LogP contribution in [-0.4, -0.2) is 45.7 Å². The molecule has 110 valence electrons. The van der Waals surface area contributed by atoms with Gasteiger partial charge in [0, 0.05) is 29.4 Å². The average Bonchev–Trinajstić information content (AvgIpc) is 2.14. The summed E-state index contributed by atoms with van der Waals surface area (Å²) in [5, 5.41) is 0. The SMILES string of the molecule is O=S(=O)(O)OS(=O)(=O)O.O=[P+](O)O.c1cnccn1. The molecule has 0 aromatic carbocycles. The Morgan fingerprint density at radius 1 is 0.842 bits per heavy atom. The molecule has 0 aliphatic rings. The third kappa shape index (κ3) is 31.6. The second kappa shape index (κ2) is 9.76. The van der Waals surface area contributed by atoms with E-state index in [4.69, 9.17) is 23.5 Å². The zero-order valence-corrected chi connectivity index (χ0v) is 11.2. The maximum atomic E-state index is 9.44. The zero-order valence-electron chi connectivity index (χ0n) is 8.71. The van der Waals surface area contributed by atoms with E-state index in [0.29, 0.717) is 0 Å². The van der Waals surface area contributed by atoms with Crippen LogP contribution in [0, 0.1) is 0 Å². The number of hydrogen-bond acceptors (Lipinski definition) is 8. The lowest BCUT2D eigenvalue weighted by atomic mass is 10.8. The molecule has 0 atom stereocenters. The van der Waals surface area contributed by atoms with Gasteiger partial charge in [-0.3, -0.25) is 19.1 Å². The van der Waals surface area contributed by atoms with Crippen molar-refractivity contribution in [2.24, 2.45) is 0 Å². The number of rotatable bonds is 2. The molecule has 19 heavy (non-hydrogen) atoms. The van der Waals surface area contributed by atoms with Gasteiger partial charge in [0.05, 0.1) is 0 Å². The fraction of sp³-hybridized carbons (Fsp3) is 0. The molecule has 0 bridgehead atoms. The molecular formula is C4H8N2O10PS2+. The summed E-state index contributed by atoms with van der Waals surface area (Å²) in [6.07, 6.45) is 6.56. The molecule has 12 nitrogen and oxygen atoms in total. The molecule has 0 fully saturated rings. The highest BCUT2D eigenvalue weighted by Gasteiger charge is 2.15. The Bertz CT molecular complexity index is 496. The van der Waals surface area contributed by atoms with Crippen LogP contribution in [0.5, 0.6) is 0 Å². The monoisotopic (exact) mass is 339 g/mol. The molecule has 0 saturated heterocycles. The maximum Gasteiger partial charge on any atom is 0.692 e. The standard InChI is InChI=1S/C4H4N2.H2O7S2.HO3P/c1-2-6-4-3-5-1;1-8(2,3)7-9(4,5)6;1-4(2)3/h1-4H;(H,1,2,3)(H,4,5,6);(H-,1,2,3)/p+1. The van der Waals surface area contributed by atoms with Crippen LogP contribution in [0.25, 0.3) is 0 Å². The second-order valence-electron chi connectivity index (χ2n) is 2.07. The van der Waals surface area contributed by atoms with Crippen LogP contribution in [-0.2, 0) is 29.0 Å². The number of hydrogen-bond donors (Lipinski definition) is 4. The first-order valence-corrected chi connectivity index (χ1v) is 7.54. The summed E-state index contributed by atoms with van der Waals surface area (Å²) >= 11 is 0. The number of nitrogens with zero attached hydrogens (tertiary/aromatic N) is 2. The van der Waals surface area contributed by atoms with E-state index in [9.17, 15) is 16.8 Å². The Kier molecular flexibility index (Phi) is 10.4. The molecule has 0 aliphatic heterocycles. The lowest BCUT2D eigenvalue weighted by Gasteiger charge is -1.89. The van der Waals surface area contributed by atoms with Crippen molar-refractivity contribution in [3.63, 3.8) is 0 Å². The van der Waals surface area contributed by atoms with Gasteiger partial charge >= 0.3 is 29.1 Å². The molecule has 0 amide bonds. The largest absolute Gasteiger partial charge is 0.692 e. The van der Waals surface area contributed by atoms with E-state index in [-0.39, 0.29) is 0 Å². The van der Waals surface area contributed by atoms with Crippen LogP contribution in [0.2, 0.25) is 0 Å². The molecule has 1 rings (SSSR count). The van der Waals surface area contributed by atoms with Gasteiger partial charge in [0.15, 0.2) is 0 Å².